The van der Waals surface area contributed by atoms with E-state index < -0.39 is 5.54 Å². The Morgan fingerprint density at radius 2 is 2.05 bits per heavy atom. The molecule has 1 saturated carbocycles. The molecular weight excluding hydrogens is 258 g/mol. The first-order valence-corrected chi connectivity index (χ1v) is 8.15. The lowest BCUT2D eigenvalue weighted by atomic mass is 9.90. The van der Waals surface area contributed by atoms with Crippen molar-refractivity contribution in [1.29, 1.82) is 0 Å². The van der Waals surface area contributed by atoms with Crippen LogP contribution in [0.5, 0.6) is 0 Å². The molecule has 0 amide bonds. The first-order chi connectivity index (χ1) is 9.24. The molecule has 0 aromatic carbocycles. The summed E-state index contributed by atoms with van der Waals surface area (Å²) in [5.41, 5.74) is -0.558. The van der Waals surface area contributed by atoms with E-state index in [1.165, 1.54) is 30.6 Å². The third-order valence-electron chi connectivity index (χ3n) is 4.46. The molecular formula is C15H25NO2S. The summed E-state index contributed by atoms with van der Waals surface area (Å²) in [5.74, 6) is 0.627. The molecule has 1 aliphatic carbocycles. The molecule has 1 aliphatic rings. The molecule has 0 saturated heterocycles. The van der Waals surface area contributed by atoms with Gasteiger partial charge in [0, 0.05) is 10.9 Å². The molecule has 3 nitrogen and oxygen atoms in total. The minimum Gasteiger partial charge on any atom is -0.394 e. The molecule has 0 aliphatic heterocycles. The van der Waals surface area contributed by atoms with Crippen molar-refractivity contribution in [2.45, 2.75) is 50.6 Å². The van der Waals surface area contributed by atoms with Crippen molar-refractivity contribution in [2.75, 3.05) is 13.2 Å². The van der Waals surface area contributed by atoms with Gasteiger partial charge in [-0.3, -0.25) is 5.32 Å². The van der Waals surface area contributed by atoms with E-state index in [4.69, 9.17) is 0 Å². The van der Waals surface area contributed by atoms with Gasteiger partial charge >= 0.3 is 0 Å². The monoisotopic (exact) mass is 283 g/mol. The van der Waals surface area contributed by atoms with Crippen molar-refractivity contribution in [3.05, 3.63) is 22.4 Å². The van der Waals surface area contributed by atoms with Gasteiger partial charge in [0.15, 0.2) is 0 Å². The van der Waals surface area contributed by atoms with Crippen molar-refractivity contribution >= 4 is 11.3 Å². The highest BCUT2D eigenvalue weighted by Gasteiger charge is 2.35. The van der Waals surface area contributed by atoms with E-state index >= 15 is 0 Å². The zero-order chi connectivity index (χ0) is 13.7. The van der Waals surface area contributed by atoms with E-state index in [1.807, 2.05) is 6.92 Å². The number of hydrogen-bond donors (Lipinski definition) is 3. The fourth-order valence-electron chi connectivity index (χ4n) is 2.98. The van der Waals surface area contributed by atoms with E-state index in [0.717, 1.165) is 6.42 Å². The third kappa shape index (κ3) is 3.37. The van der Waals surface area contributed by atoms with E-state index in [0.29, 0.717) is 5.92 Å². The predicted octanol–water partition coefficient (Wildman–Crippen LogP) is 2.70. The van der Waals surface area contributed by atoms with Gasteiger partial charge in [0.25, 0.3) is 0 Å². The maximum absolute atomic E-state index is 9.65. The zero-order valence-electron chi connectivity index (χ0n) is 11.6. The van der Waals surface area contributed by atoms with Gasteiger partial charge < -0.3 is 10.2 Å². The Morgan fingerprint density at radius 1 is 1.37 bits per heavy atom. The van der Waals surface area contributed by atoms with Gasteiger partial charge in [0.05, 0.1) is 18.8 Å². The number of thiophene rings is 1. The summed E-state index contributed by atoms with van der Waals surface area (Å²) in [4.78, 5) is 1.33. The minimum atomic E-state index is -0.558. The Labute approximate surface area is 119 Å². The van der Waals surface area contributed by atoms with Gasteiger partial charge in [-0.25, -0.2) is 0 Å². The maximum atomic E-state index is 9.65. The van der Waals surface area contributed by atoms with Gasteiger partial charge in [0.1, 0.15) is 0 Å². The van der Waals surface area contributed by atoms with Crippen LogP contribution < -0.4 is 5.32 Å². The molecule has 19 heavy (non-hydrogen) atoms. The smallest absolute Gasteiger partial charge is 0.0650 e. The summed E-state index contributed by atoms with van der Waals surface area (Å²) in [6.45, 7) is 1.97. The number of nitrogens with one attached hydrogen (secondary N) is 1. The second-order valence-corrected chi connectivity index (χ2v) is 6.61. The Balaban J connectivity index is 2.17. The molecule has 2 rings (SSSR count). The summed E-state index contributed by atoms with van der Waals surface area (Å²) in [6.07, 6.45) is 5.81. The first-order valence-electron chi connectivity index (χ1n) is 7.27. The normalized spacial score (nSPS) is 18.9. The lowest BCUT2D eigenvalue weighted by Crippen LogP contribution is -2.53. The second-order valence-electron chi connectivity index (χ2n) is 5.63. The van der Waals surface area contributed by atoms with Crippen molar-refractivity contribution < 1.29 is 10.2 Å². The lowest BCUT2D eigenvalue weighted by Gasteiger charge is -2.37. The minimum absolute atomic E-state index is 0.0193. The van der Waals surface area contributed by atoms with E-state index in [9.17, 15) is 10.2 Å². The van der Waals surface area contributed by atoms with Crippen molar-refractivity contribution in [3.8, 4) is 0 Å². The zero-order valence-corrected chi connectivity index (χ0v) is 12.5. The van der Waals surface area contributed by atoms with Crippen LogP contribution in [0.15, 0.2) is 17.5 Å². The van der Waals surface area contributed by atoms with Crippen molar-refractivity contribution in [2.24, 2.45) is 5.92 Å². The number of aliphatic hydroxyl groups excluding tert-OH is 2. The second kappa shape index (κ2) is 6.84. The molecule has 1 fully saturated rings. The molecule has 1 atom stereocenters. The summed E-state index contributed by atoms with van der Waals surface area (Å²) >= 11 is 1.76. The highest BCUT2D eigenvalue weighted by molar-refractivity contribution is 7.10. The van der Waals surface area contributed by atoms with Crippen molar-refractivity contribution in [1.82, 2.24) is 5.32 Å². The topological polar surface area (TPSA) is 52.5 Å². The summed E-state index contributed by atoms with van der Waals surface area (Å²) in [5, 5.41) is 25.0. The van der Waals surface area contributed by atoms with Crippen molar-refractivity contribution in [3.63, 3.8) is 0 Å². The predicted molar refractivity (Wildman–Crippen MR) is 79.3 cm³/mol. The highest BCUT2D eigenvalue weighted by Crippen LogP contribution is 2.38. The average molecular weight is 283 g/mol. The highest BCUT2D eigenvalue weighted by atomic mass is 32.1. The van der Waals surface area contributed by atoms with Gasteiger partial charge in [-0.2, -0.15) is 0 Å². The molecule has 108 valence electrons. The largest absolute Gasteiger partial charge is 0.394 e. The van der Waals surface area contributed by atoms with Crippen LogP contribution in [0.3, 0.4) is 0 Å². The summed E-state index contributed by atoms with van der Waals surface area (Å²) < 4.78 is 0. The molecule has 0 spiro atoms. The maximum Gasteiger partial charge on any atom is 0.0650 e. The van der Waals surface area contributed by atoms with E-state index in [-0.39, 0.29) is 19.3 Å². The Hall–Kier alpha value is -0.420. The van der Waals surface area contributed by atoms with Gasteiger partial charge in [-0.05, 0) is 36.6 Å². The van der Waals surface area contributed by atoms with Crippen LogP contribution in [0.2, 0.25) is 0 Å². The van der Waals surface area contributed by atoms with Crippen LogP contribution in [0, 0.1) is 5.92 Å². The Morgan fingerprint density at radius 3 is 2.53 bits per heavy atom. The summed E-state index contributed by atoms with van der Waals surface area (Å²) in [6, 6.07) is 4.51. The first kappa shape index (κ1) is 15.0. The van der Waals surface area contributed by atoms with Crippen LogP contribution in [-0.2, 0) is 0 Å². The standard InChI is InChI=1S/C15H25NO2S/c1-2-15(10-17,11-18)16-14(12-6-3-4-7-12)13-8-5-9-19-13/h5,8-9,12,14,16-18H,2-4,6-7,10-11H2,1H3. The molecule has 0 radical (unpaired) electrons. The molecule has 1 aromatic heterocycles. The molecule has 4 heteroatoms. The molecule has 1 unspecified atom stereocenters. The van der Waals surface area contributed by atoms with Crippen LogP contribution >= 0.6 is 11.3 Å². The average Bonchev–Trinajstić information content (AvgIpc) is 3.14. The SMILES string of the molecule is CCC(CO)(CO)NC(c1cccs1)C1CCCC1. The fourth-order valence-corrected chi connectivity index (χ4v) is 3.85. The third-order valence-corrected chi connectivity index (χ3v) is 5.42. The lowest BCUT2D eigenvalue weighted by molar-refractivity contribution is 0.0698. The van der Waals surface area contributed by atoms with Crippen LogP contribution in [0.25, 0.3) is 0 Å². The molecule has 3 N–H and O–H groups in total. The number of rotatable bonds is 7. The molecule has 1 aromatic rings. The van der Waals surface area contributed by atoms with Crippen LogP contribution in [-0.4, -0.2) is 29.0 Å². The Bertz CT molecular complexity index is 348. The van der Waals surface area contributed by atoms with E-state index in [2.05, 4.69) is 22.8 Å². The quantitative estimate of drug-likeness (QED) is 0.721. The molecule has 0 bridgehead atoms. The van der Waals surface area contributed by atoms with Crippen LogP contribution in [0.4, 0.5) is 0 Å². The van der Waals surface area contributed by atoms with Crippen LogP contribution in [0.1, 0.15) is 49.9 Å². The number of hydrogen-bond acceptors (Lipinski definition) is 4. The van der Waals surface area contributed by atoms with Gasteiger partial charge in [-0.15, -0.1) is 11.3 Å². The van der Waals surface area contributed by atoms with E-state index in [1.54, 1.807) is 11.3 Å². The Kier molecular flexibility index (Phi) is 5.39. The summed E-state index contributed by atoms with van der Waals surface area (Å²) in [7, 11) is 0. The molecule has 1 heterocycles. The van der Waals surface area contributed by atoms with Gasteiger partial charge in [0.2, 0.25) is 0 Å². The number of aliphatic hydroxyl groups is 2. The fraction of sp³-hybridized carbons (Fsp3) is 0.733. The van der Waals surface area contributed by atoms with Gasteiger partial charge in [-0.1, -0.05) is 25.8 Å².